The third kappa shape index (κ3) is 14.7. The van der Waals surface area contributed by atoms with E-state index in [1.54, 1.807) is 36.5 Å². The van der Waals surface area contributed by atoms with Crippen molar-refractivity contribution in [2.24, 2.45) is 0 Å². The summed E-state index contributed by atoms with van der Waals surface area (Å²) in [6, 6.07) is 18.5. The van der Waals surface area contributed by atoms with Crippen molar-refractivity contribution in [2.45, 2.75) is 26.1 Å². The lowest BCUT2D eigenvalue weighted by molar-refractivity contribution is -0.384. The minimum absolute atomic E-state index is 0.0135. The Morgan fingerprint density at radius 1 is 0.822 bits per heavy atom. The Balaban J connectivity index is 0.000000200. The van der Waals surface area contributed by atoms with Crippen LogP contribution in [0.3, 0.4) is 0 Å². The molecule has 5 heterocycles. The zero-order chi connectivity index (χ0) is 52.4. The summed E-state index contributed by atoms with van der Waals surface area (Å²) in [6.45, 7) is 10.4. The quantitative estimate of drug-likeness (QED) is 0.0372. The number of aliphatic hydroxyl groups excluding tert-OH is 1. The SMILES string of the molecule is Cc1ncc2cc(N)ccc2n1.Nc1ncc2cc(NC(=O)[C@H](O)[C@H]3OCCN(c4ccc(F)c(C(=O)N5CCOCC5)c4)C3=O)ccc2n1.Nc1ncc2cc([N+](=O)[O-])ccc2n1.[CH-]=C/C=C/C=C/C=C/C. The Morgan fingerprint density at radius 3 is 2.12 bits per heavy atom. The number of nitro benzene ring substituents is 1. The number of aryl methyl sites for hydroxylation is 1. The number of aromatic nitrogens is 6. The van der Waals surface area contributed by atoms with Gasteiger partial charge in [0.15, 0.2) is 12.2 Å². The van der Waals surface area contributed by atoms with Gasteiger partial charge in [-0.05, 0) is 74.5 Å². The van der Waals surface area contributed by atoms with Crippen LogP contribution in [0.25, 0.3) is 32.7 Å². The number of hydrogen-bond acceptors (Lipinski definition) is 17. The first-order chi connectivity index (χ1) is 35.1. The van der Waals surface area contributed by atoms with Crippen LogP contribution in [0.1, 0.15) is 23.1 Å². The van der Waals surface area contributed by atoms with Crippen molar-refractivity contribution in [3.05, 3.63) is 168 Å². The number of nitrogens with two attached hydrogens (primary N) is 3. The number of rotatable bonds is 9. The number of halogens is 1. The Bertz CT molecular complexity index is 3180. The number of allylic oxidation sites excluding steroid dienone is 7. The number of morpholine rings is 2. The molecule has 3 amide bonds. The number of amides is 3. The second-order valence-electron chi connectivity index (χ2n) is 15.7. The highest BCUT2D eigenvalue weighted by Gasteiger charge is 2.40. The van der Waals surface area contributed by atoms with E-state index in [1.807, 2.05) is 62.4 Å². The molecule has 0 bridgehead atoms. The summed E-state index contributed by atoms with van der Waals surface area (Å²) in [4.78, 5) is 75.6. The van der Waals surface area contributed by atoms with E-state index in [1.165, 1.54) is 52.5 Å². The zero-order valence-corrected chi connectivity index (χ0v) is 39.6. The molecular formula is C51H51FN13O8-. The van der Waals surface area contributed by atoms with E-state index in [-0.39, 0.29) is 42.0 Å². The van der Waals surface area contributed by atoms with Crippen LogP contribution in [0.15, 0.2) is 134 Å². The van der Waals surface area contributed by atoms with Gasteiger partial charge in [0.2, 0.25) is 11.9 Å². The molecule has 3 aromatic heterocycles. The summed E-state index contributed by atoms with van der Waals surface area (Å²) in [5.41, 5.74) is 19.8. The number of carbonyl (C=O) groups excluding carboxylic acids is 3. The van der Waals surface area contributed by atoms with Gasteiger partial charge in [0.05, 0.1) is 46.9 Å². The van der Waals surface area contributed by atoms with E-state index < -0.39 is 40.7 Å². The molecule has 8 N–H and O–H groups in total. The number of fused-ring (bicyclic) bond motifs is 3. The summed E-state index contributed by atoms with van der Waals surface area (Å²) in [7, 11) is 0. The lowest BCUT2D eigenvalue weighted by Gasteiger charge is -2.34. The first-order valence-electron chi connectivity index (χ1n) is 22.4. The van der Waals surface area contributed by atoms with Crippen LogP contribution in [0.5, 0.6) is 0 Å². The molecule has 2 saturated heterocycles. The van der Waals surface area contributed by atoms with Gasteiger partial charge in [-0.15, -0.1) is 6.08 Å². The maximum atomic E-state index is 14.6. The average molecular weight is 993 g/mol. The monoisotopic (exact) mass is 992 g/mol. The van der Waals surface area contributed by atoms with Gasteiger partial charge in [0.1, 0.15) is 11.6 Å². The van der Waals surface area contributed by atoms with Gasteiger partial charge < -0.3 is 46.9 Å². The van der Waals surface area contributed by atoms with Crippen LogP contribution in [-0.4, -0.2) is 114 Å². The fraction of sp³-hybridized carbons (Fsp3) is 0.196. The Labute approximate surface area is 417 Å². The highest BCUT2D eigenvalue weighted by Crippen LogP contribution is 2.26. The van der Waals surface area contributed by atoms with Crippen molar-refractivity contribution >= 4 is 85.1 Å². The van der Waals surface area contributed by atoms with Gasteiger partial charge in [-0.2, -0.15) is 0 Å². The van der Waals surface area contributed by atoms with E-state index in [2.05, 4.69) is 35.2 Å². The largest absolute Gasteiger partial charge is 0.399 e. The number of nitro groups is 1. The predicted octanol–water partition coefficient (Wildman–Crippen LogP) is 5.86. The fourth-order valence-corrected chi connectivity index (χ4v) is 7.01. The average Bonchev–Trinajstić information content (AvgIpc) is 3.39. The predicted molar refractivity (Wildman–Crippen MR) is 275 cm³/mol. The molecule has 2 fully saturated rings. The third-order valence-corrected chi connectivity index (χ3v) is 10.6. The second kappa shape index (κ2) is 25.7. The Kier molecular flexibility index (Phi) is 18.7. The third-order valence-electron chi connectivity index (χ3n) is 10.6. The normalized spacial score (nSPS) is 15.0. The smallest absolute Gasteiger partial charge is 0.270 e. The van der Waals surface area contributed by atoms with E-state index in [0.29, 0.717) is 53.8 Å². The van der Waals surface area contributed by atoms with Crippen molar-refractivity contribution in [3.8, 4) is 0 Å². The minimum atomic E-state index is -1.83. The molecule has 376 valence electrons. The number of benzene rings is 4. The zero-order valence-electron chi connectivity index (χ0n) is 39.6. The maximum absolute atomic E-state index is 14.6. The summed E-state index contributed by atoms with van der Waals surface area (Å²) < 4.78 is 25.2. The fourth-order valence-electron chi connectivity index (χ4n) is 7.01. The van der Waals surface area contributed by atoms with Gasteiger partial charge >= 0.3 is 0 Å². The molecule has 2 atom stereocenters. The first-order valence-corrected chi connectivity index (χ1v) is 22.4. The van der Waals surface area contributed by atoms with Gasteiger partial charge in [0.25, 0.3) is 23.4 Å². The number of nitrogen functional groups attached to an aromatic ring is 3. The molecule has 2 aliphatic rings. The number of non-ortho nitro benzene ring substituents is 1. The highest BCUT2D eigenvalue weighted by atomic mass is 19.1. The molecule has 0 radical (unpaired) electrons. The molecule has 7 aromatic rings. The number of nitrogens with one attached hydrogen (secondary N) is 1. The van der Waals surface area contributed by atoms with Crippen LogP contribution < -0.4 is 27.4 Å². The van der Waals surface area contributed by atoms with Crippen molar-refractivity contribution in [2.75, 3.05) is 66.9 Å². The van der Waals surface area contributed by atoms with Crippen molar-refractivity contribution in [3.63, 3.8) is 0 Å². The number of anilines is 5. The first kappa shape index (κ1) is 53.2. The van der Waals surface area contributed by atoms with E-state index >= 15 is 0 Å². The summed E-state index contributed by atoms with van der Waals surface area (Å²) in [5.74, 6) is -1.72. The van der Waals surface area contributed by atoms with Crippen LogP contribution in [0, 0.1) is 29.4 Å². The molecule has 0 spiro atoms. The van der Waals surface area contributed by atoms with Gasteiger partial charge in [-0.25, -0.2) is 46.4 Å². The van der Waals surface area contributed by atoms with Crippen molar-refractivity contribution in [1.82, 2.24) is 34.8 Å². The lowest BCUT2D eigenvalue weighted by atomic mass is 10.1. The number of carbonyl (C=O) groups is 3. The molecule has 0 aliphatic carbocycles. The summed E-state index contributed by atoms with van der Waals surface area (Å²) in [6.07, 6.45) is 14.4. The highest BCUT2D eigenvalue weighted by molar-refractivity contribution is 6.05. The summed E-state index contributed by atoms with van der Waals surface area (Å²) >= 11 is 0. The minimum Gasteiger partial charge on any atom is -0.399 e. The number of aliphatic hydroxyl groups is 1. The maximum Gasteiger partial charge on any atom is 0.270 e. The molecular weight excluding hydrogens is 942 g/mol. The molecule has 0 unspecified atom stereocenters. The topological polar surface area (TPSA) is 307 Å². The Hall–Kier alpha value is -9.12. The molecule has 22 heteroatoms. The summed E-state index contributed by atoms with van der Waals surface area (Å²) in [5, 5.41) is 25.9. The van der Waals surface area contributed by atoms with E-state index in [4.69, 9.17) is 33.3 Å². The number of nitrogens with zero attached hydrogens (tertiary/aromatic N) is 9. The van der Waals surface area contributed by atoms with Crippen molar-refractivity contribution in [1.29, 1.82) is 0 Å². The standard InChI is InChI=1S/C25H25FN6O6.C9H9N3.C9H11.C8H6N4O2/c26-18-3-2-16(12-17(18)23(35)31-5-8-37-9-6-31)32-7-10-38-21(24(32)36)20(33)22(34)29-15-1-4-19-14(11-15)13-28-25(27)30-19;1-6-11-5-7-4-8(10)2-3-9(7)12-6;1-3-5-7-9-8-6-4-2;9-8-10-4-5-3-6(12(13)14)1-2-7(5)11-8/h1-4,11-13,20-21,33H,5-10H2,(H,29,34)(H2,27,28,30);2-5H,10H2,1H3;1,3-9H,2H3;1-4H,(H2,9,10,11)/q;;-1;/b;;6-4+,7-5+,9-8+;/t20-,21-;;;/m1.../s1. The molecule has 4 aromatic carbocycles. The van der Waals surface area contributed by atoms with Gasteiger partial charge in [0, 0.05) is 83.6 Å². The van der Waals surface area contributed by atoms with Crippen molar-refractivity contribution < 1.29 is 38.3 Å². The molecule has 9 rings (SSSR count). The van der Waals surface area contributed by atoms with Crippen LogP contribution in [0.2, 0.25) is 0 Å². The number of hydrogen-bond donors (Lipinski definition) is 5. The second-order valence-corrected chi connectivity index (χ2v) is 15.7. The van der Waals surface area contributed by atoms with Gasteiger partial charge in [-0.1, -0.05) is 24.3 Å². The lowest BCUT2D eigenvalue weighted by Crippen LogP contribution is -2.55. The van der Waals surface area contributed by atoms with Gasteiger partial charge in [-0.3, -0.25) is 31.1 Å². The Morgan fingerprint density at radius 2 is 1.44 bits per heavy atom. The molecule has 2 aliphatic heterocycles. The van der Waals surface area contributed by atoms with Crippen LogP contribution in [0.4, 0.5) is 39.0 Å². The van der Waals surface area contributed by atoms with E-state index in [9.17, 15) is 34.0 Å². The number of ether oxygens (including phenoxy) is 2. The molecule has 73 heavy (non-hydrogen) atoms. The molecule has 0 saturated carbocycles. The van der Waals surface area contributed by atoms with Crippen LogP contribution >= 0.6 is 0 Å². The molecule has 21 nitrogen and oxygen atoms in total. The van der Waals surface area contributed by atoms with E-state index in [0.717, 1.165) is 28.5 Å². The van der Waals surface area contributed by atoms with Crippen LogP contribution in [-0.2, 0) is 19.1 Å².